The van der Waals surface area contributed by atoms with E-state index in [-0.39, 0.29) is 0 Å². The van der Waals surface area contributed by atoms with Crippen molar-refractivity contribution in [3.8, 4) is 5.75 Å². The molecule has 0 bridgehead atoms. The molecule has 1 fully saturated rings. The molecule has 0 saturated heterocycles. The number of rotatable bonds is 7. The lowest BCUT2D eigenvalue weighted by atomic mass is 9.91. The highest BCUT2D eigenvalue weighted by Gasteiger charge is 2.21. The lowest BCUT2D eigenvalue weighted by Crippen LogP contribution is -2.37. The molecular weight excluding hydrogens is 374 g/mol. The first-order valence-electron chi connectivity index (χ1n) is 10.7. The van der Waals surface area contributed by atoms with Gasteiger partial charge in [0.1, 0.15) is 11.6 Å². The molecule has 6 nitrogen and oxygen atoms in total. The fraction of sp³-hybridized carbons (Fsp3) is 0.417. The average molecular weight is 406 g/mol. The molecule has 0 spiro atoms. The van der Waals surface area contributed by atoms with E-state index in [9.17, 15) is 0 Å². The first-order valence-corrected chi connectivity index (χ1v) is 10.7. The van der Waals surface area contributed by atoms with E-state index in [1.54, 1.807) is 7.11 Å². The smallest absolute Gasteiger partial charge is 0.224 e. The third-order valence-electron chi connectivity index (χ3n) is 5.93. The van der Waals surface area contributed by atoms with Crippen molar-refractivity contribution >= 4 is 22.5 Å². The number of ether oxygens (including phenoxy) is 1. The SMILES string of the molecule is COc1ccc(CN[C@H]2CC[C@@H](Nc3nccc(N(C)C)n3)CC2)c2ccccc12. The van der Waals surface area contributed by atoms with Crippen LogP contribution < -0.4 is 20.3 Å². The molecule has 1 aliphatic carbocycles. The molecule has 30 heavy (non-hydrogen) atoms. The molecule has 0 aliphatic heterocycles. The van der Waals surface area contributed by atoms with Crippen LogP contribution in [0.25, 0.3) is 10.8 Å². The van der Waals surface area contributed by atoms with Crippen LogP contribution in [-0.2, 0) is 6.54 Å². The number of fused-ring (bicyclic) bond motifs is 1. The standard InChI is InChI=1S/C24H31N5O/c1-29(2)23-14-15-25-24(28-23)27-19-11-9-18(10-12-19)26-16-17-8-13-22(30-3)21-7-5-4-6-20(17)21/h4-8,13-15,18-19,26H,9-12,16H2,1-3H3,(H,25,27,28)/t18-,19+. The summed E-state index contributed by atoms with van der Waals surface area (Å²) in [6.07, 6.45) is 6.36. The van der Waals surface area contributed by atoms with Crippen molar-refractivity contribution in [1.82, 2.24) is 15.3 Å². The summed E-state index contributed by atoms with van der Waals surface area (Å²) < 4.78 is 5.52. The van der Waals surface area contributed by atoms with Crippen molar-refractivity contribution < 1.29 is 4.74 Å². The maximum Gasteiger partial charge on any atom is 0.224 e. The number of hydrogen-bond donors (Lipinski definition) is 2. The van der Waals surface area contributed by atoms with Crippen LogP contribution >= 0.6 is 0 Å². The van der Waals surface area contributed by atoms with Gasteiger partial charge in [0.05, 0.1) is 7.11 Å². The zero-order valence-electron chi connectivity index (χ0n) is 18.1. The van der Waals surface area contributed by atoms with E-state index in [2.05, 4.69) is 57.0 Å². The summed E-state index contributed by atoms with van der Waals surface area (Å²) >= 11 is 0. The molecular formula is C24H31N5O. The summed E-state index contributed by atoms with van der Waals surface area (Å²) in [5.41, 5.74) is 1.32. The third-order valence-corrected chi connectivity index (χ3v) is 5.93. The van der Waals surface area contributed by atoms with Gasteiger partial charge in [-0.25, -0.2) is 4.98 Å². The Balaban J connectivity index is 1.32. The van der Waals surface area contributed by atoms with Crippen molar-refractivity contribution in [3.63, 3.8) is 0 Å². The van der Waals surface area contributed by atoms with Gasteiger partial charge in [-0.15, -0.1) is 0 Å². The number of aromatic nitrogens is 2. The molecule has 0 radical (unpaired) electrons. The van der Waals surface area contributed by atoms with Gasteiger partial charge in [-0.2, -0.15) is 4.98 Å². The quantitative estimate of drug-likeness (QED) is 0.614. The molecule has 1 aromatic heterocycles. The van der Waals surface area contributed by atoms with Crippen LogP contribution in [0.5, 0.6) is 5.75 Å². The maximum absolute atomic E-state index is 5.52. The molecule has 0 amide bonds. The zero-order valence-corrected chi connectivity index (χ0v) is 18.1. The maximum atomic E-state index is 5.52. The predicted molar refractivity (Wildman–Crippen MR) is 123 cm³/mol. The Bertz CT molecular complexity index is 982. The van der Waals surface area contributed by atoms with Crippen molar-refractivity contribution in [1.29, 1.82) is 0 Å². The summed E-state index contributed by atoms with van der Waals surface area (Å²) in [6, 6.07) is 15.6. The van der Waals surface area contributed by atoms with Gasteiger partial charge in [-0.3, -0.25) is 0 Å². The van der Waals surface area contributed by atoms with Crippen LogP contribution in [0.3, 0.4) is 0 Å². The highest BCUT2D eigenvalue weighted by atomic mass is 16.5. The van der Waals surface area contributed by atoms with Crippen LogP contribution in [0.2, 0.25) is 0 Å². The van der Waals surface area contributed by atoms with Crippen molar-refractivity contribution in [2.24, 2.45) is 0 Å². The van der Waals surface area contributed by atoms with E-state index in [1.165, 1.54) is 16.3 Å². The molecule has 0 atom stereocenters. The average Bonchev–Trinajstić information content (AvgIpc) is 2.78. The number of hydrogen-bond acceptors (Lipinski definition) is 6. The first-order chi connectivity index (χ1) is 14.6. The fourth-order valence-corrected chi connectivity index (χ4v) is 4.21. The Morgan fingerprint density at radius 1 is 0.967 bits per heavy atom. The molecule has 1 heterocycles. The van der Waals surface area contributed by atoms with Gasteiger partial charge in [0.2, 0.25) is 5.95 Å². The van der Waals surface area contributed by atoms with Gasteiger partial charge in [-0.1, -0.05) is 30.3 Å². The molecule has 158 valence electrons. The number of nitrogens with one attached hydrogen (secondary N) is 2. The molecule has 4 rings (SSSR count). The highest BCUT2D eigenvalue weighted by molar-refractivity contribution is 5.91. The van der Waals surface area contributed by atoms with E-state index in [1.807, 2.05) is 31.3 Å². The van der Waals surface area contributed by atoms with Crippen molar-refractivity contribution in [2.45, 2.75) is 44.3 Å². The van der Waals surface area contributed by atoms with E-state index in [4.69, 9.17) is 4.74 Å². The van der Waals surface area contributed by atoms with E-state index in [0.29, 0.717) is 12.1 Å². The molecule has 1 saturated carbocycles. The Labute approximate surface area is 178 Å². The van der Waals surface area contributed by atoms with Gasteiger partial charge >= 0.3 is 0 Å². The Morgan fingerprint density at radius 3 is 2.43 bits per heavy atom. The van der Waals surface area contributed by atoms with Gasteiger partial charge < -0.3 is 20.3 Å². The number of anilines is 2. The minimum atomic E-state index is 0.433. The largest absolute Gasteiger partial charge is 0.496 e. The van der Waals surface area contributed by atoms with Crippen molar-refractivity contribution in [2.75, 3.05) is 31.4 Å². The van der Waals surface area contributed by atoms with Crippen LogP contribution in [-0.4, -0.2) is 43.3 Å². The summed E-state index contributed by atoms with van der Waals surface area (Å²) in [5, 5.41) is 9.72. The van der Waals surface area contributed by atoms with Crippen LogP contribution in [0.15, 0.2) is 48.7 Å². The summed E-state index contributed by atoms with van der Waals surface area (Å²) in [7, 11) is 5.72. The van der Waals surface area contributed by atoms with Crippen LogP contribution in [0.1, 0.15) is 31.2 Å². The molecule has 1 aliphatic rings. The van der Waals surface area contributed by atoms with Crippen LogP contribution in [0, 0.1) is 0 Å². The molecule has 2 aromatic carbocycles. The Morgan fingerprint density at radius 2 is 1.70 bits per heavy atom. The van der Waals surface area contributed by atoms with Crippen LogP contribution in [0.4, 0.5) is 11.8 Å². The zero-order chi connectivity index (χ0) is 20.9. The van der Waals surface area contributed by atoms with Gasteiger partial charge in [0.15, 0.2) is 0 Å². The second-order valence-corrected chi connectivity index (χ2v) is 8.18. The molecule has 6 heteroatoms. The van der Waals surface area contributed by atoms with E-state index >= 15 is 0 Å². The number of benzene rings is 2. The normalized spacial score (nSPS) is 18.9. The third kappa shape index (κ3) is 4.65. The second-order valence-electron chi connectivity index (χ2n) is 8.18. The fourth-order valence-electron chi connectivity index (χ4n) is 4.21. The monoisotopic (exact) mass is 405 g/mol. The Kier molecular flexibility index (Phi) is 6.33. The first kappa shape index (κ1) is 20.4. The van der Waals surface area contributed by atoms with Gasteiger partial charge in [0.25, 0.3) is 0 Å². The summed E-state index contributed by atoms with van der Waals surface area (Å²) in [5.74, 6) is 2.58. The molecule has 2 N–H and O–H groups in total. The molecule has 0 unspecified atom stereocenters. The summed E-state index contributed by atoms with van der Waals surface area (Å²) in [6.45, 7) is 0.876. The summed E-state index contributed by atoms with van der Waals surface area (Å²) in [4.78, 5) is 11.0. The highest BCUT2D eigenvalue weighted by Crippen LogP contribution is 2.29. The number of nitrogens with zero attached hydrogens (tertiary/aromatic N) is 3. The number of methoxy groups -OCH3 is 1. The van der Waals surface area contributed by atoms with E-state index in [0.717, 1.165) is 49.7 Å². The minimum Gasteiger partial charge on any atom is -0.496 e. The second kappa shape index (κ2) is 9.30. The van der Waals surface area contributed by atoms with Gasteiger partial charge in [-0.05, 0) is 48.8 Å². The van der Waals surface area contributed by atoms with Crippen molar-refractivity contribution in [3.05, 3.63) is 54.2 Å². The lowest BCUT2D eigenvalue weighted by molar-refractivity contribution is 0.352. The minimum absolute atomic E-state index is 0.433. The van der Waals surface area contributed by atoms with Gasteiger partial charge in [0, 0.05) is 44.3 Å². The van der Waals surface area contributed by atoms with E-state index < -0.39 is 0 Å². The topological polar surface area (TPSA) is 62.3 Å². The lowest BCUT2D eigenvalue weighted by Gasteiger charge is -2.30. The molecule has 3 aromatic rings. The Hall–Kier alpha value is -2.86. The predicted octanol–water partition coefficient (Wildman–Crippen LogP) is 4.22.